The molecule has 3 amide bonds. The highest BCUT2D eigenvalue weighted by Crippen LogP contribution is 2.50. The number of aromatic nitrogens is 4. The molecule has 5 atom stereocenters. The second kappa shape index (κ2) is 14.8. The van der Waals surface area contributed by atoms with Crippen LogP contribution in [0.2, 0.25) is 0 Å². The molecule has 0 unspecified atom stereocenters. The predicted octanol–water partition coefficient (Wildman–Crippen LogP) is 8.79. The minimum absolute atomic E-state index is 0.0838. The van der Waals surface area contributed by atoms with Gasteiger partial charge in [0.1, 0.15) is 23.3 Å². The van der Waals surface area contributed by atoms with Gasteiger partial charge < -0.3 is 29.7 Å². The van der Waals surface area contributed by atoms with Gasteiger partial charge in [-0.3, -0.25) is 9.69 Å². The number of likely N-dealkylation sites (tertiary alicyclic amines) is 2. The molecular formula is C44H51N7O5. The molecule has 1 aliphatic carbocycles. The van der Waals surface area contributed by atoms with Crippen molar-refractivity contribution in [1.82, 2.24) is 35.1 Å². The van der Waals surface area contributed by atoms with Crippen molar-refractivity contribution >= 4 is 28.9 Å². The SMILES string of the molecule is COC(=O)N[C@H](C(=O)N1[C@@H]2CC[C@@H](C2)[C@H]1c1ncc(-c2ccc(-c3ccc4cc(-c5cnc([C@@H]6CCCN6C(=O)OC(C)(C)C)[nH]5)ccc4c3)cc2)[nH]1)C(C)C. The molecule has 2 aromatic heterocycles. The number of piperidine rings is 1. The fourth-order valence-electron chi connectivity index (χ4n) is 8.83. The van der Waals surface area contributed by atoms with Gasteiger partial charge in [0.15, 0.2) is 0 Å². The fraction of sp³-hybridized carbons (Fsp3) is 0.432. The van der Waals surface area contributed by atoms with Gasteiger partial charge in [0, 0.05) is 18.2 Å². The molecule has 1 saturated carbocycles. The lowest BCUT2D eigenvalue weighted by Crippen LogP contribution is -2.54. The molecular weight excluding hydrogens is 707 g/mol. The number of aromatic amines is 2. The Labute approximate surface area is 327 Å². The van der Waals surface area contributed by atoms with Crippen LogP contribution in [-0.4, -0.2) is 79.2 Å². The molecule has 12 heteroatoms. The van der Waals surface area contributed by atoms with E-state index in [1.165, 1.54) is 7.11 Å². The normalized spacial score (nSPS) is 21.2. The van der Waals surface area contributed by atoms with Crippen LogP contribution >= 0.6 is 0 Å². The van der Waals surface area contributed by atoms with E-state index in [0.717, 1.165) is 88.2 Å². The maximum absolute atomic E-state index is 13.9. The van der Waals surface area contributed by atoms with Crippen LogP contribution in [0.15, 0.2) is 73.1 Å². The molecule has 56 heavy (non-hydrogen) atoms. The van der Waals surface area contributed by atoms with Crippen molar-refractivity contribution < 1.29 is 23.9 Å². The zero-order valence-corrected chi connectivity index (χ0v) is 33.0. The number of nitrogens with zero attached hydrogens (tertiary/aromatic N) is 4. The third kappa shape index (κ3) is 7.24. The minimum atomic E-state index is -0.672. The van der Waals surface area contributed by atoms with E-state index in [-0.39, 0.29) is 36.0 Å². The van der Waals surface area contributed by atoms with Crippen LogP contribution in [0, 0.1) is 11.8 Å². The van der Waals surface area contributed by atoms with Gasteiger partial charge in [0.2, 0.25) is 5.91 Å². The molecule has 3 aromatic carbocycles. The smallest absolute Gasteiger partial charge is 0.410 e. The second-order valence-corrected chi connectivity index (χ2v) is 16.8. The van der Waals surface area contributed by atoms with E-state index in [9.17, 15) is 14.4 Å². The van der Waals surface area contributed by atoms with E-state index in [1.54, 1.807) is 4.90 Å². The zero-order valence-electron chi connectivity index (χ0n) is 33.0. The molecule has 12 nitrogen and oxygen atoms in total. The van der Waals surface area contributed by atoms with Crippen LogP contribution < -0.4 is 5.32 Å². The van der Waals surface area contributed by atoms with Crippen LogP contribution in [0.1, 0.15) is 90.5 Å². The van der Waals surface area contributed by atoms with Crippen LogP contribution in [0.3, 0.4) is 0 Å². The minimum Gasteiger partial charge on any atom is -0.453 e. The monoisotopic (exact) mass is 757 g/mol. The van der Waals surface area contributed by atoms with Crippen molar-refractivity contribution in [3.05, 3.63) is 84.7 Å². The summed E-state index contributed by atoms with van der Waals surface area (Å²) in [5, 5.41) is 5.01. The summed E-state index contributed by atoms with van der Waals surface area (Å²) >= 11 is 0. The maximum Gasteiger partial charge on any atom is 0.410 e. The van der Waals surface area contributed by atoms with Crippen molar-refractivity contribution in [2.75, 3.05) is 13.7 Å². The zero-order chi connectivity index (χ0) is 39.3. The Kier molecular flexibility index (Phi) is 9.84. The van der Waals surface area contributed by atoms with Crippen molar-refractivity contribution in [2.24, 2.45) is 11.8 Å². The maximum atomic E-state index is 13.9. The second-order valence-electron chi connectivity index (χ2n) is 16.8. The molecule has 8 rings (SSSR count). The third-order valence-electron chi connectivity index (χ3n) is 11.6. The Hall–Kier alpha value is -5.65. The number of benzene rings is 3. The first-order chi connectivity index (χ1) is 26.9. The number of fused-ring (bicyclic) bond motifs is 3. The highest BCUT2D eigenvalue weighted by Gasteiger charge is 2.51. The number of amides is 3. The lowest BCUT2D eigenvalue weighted by atomic mass is 9.95. The first kappa shape index (κ1) is 37.3. The molecule has 2 saturated heterocycles. The number of H-pyrrole nitrogens is 2. The molecule has 3 N–H and O–H groups in total. The van der Waals surface area contributed by atoms with E-state index in [4.69, 9.17) is 14.5 Å². The Morgan fingerprint density at radius 2 is 1.45 bits per heavy atom. The van der Waals surface area contributed by atoms with E-state index < -0.39 is 17.7 Å². The highest BCUT2D eigenvalue weighted by molar-refractivity contribution is 5.91. The number of rotatable bonds is 8. The van der Waals surface area contributed by atoms with Crippen molar-refractivity contribution in [2.45, 2.75) is 96.5 Å². The average molecular weight is 758 g/mol. The van der Waals surface area contributed by atoms with Gasteiger partial charge in [-0.05, 0) is 104 Å². The van der Waals surface area contributed by atoms with E-state index >= 15 is 0 Å². The Morgan fingerprint density at radius 3 is 2.14 bits per heavy atom. The molecule has 292 valence electrons. The van der Waals surface area contributed by atoms with Crippen molar-refractivity contribution in [1.29, 1.82) is 0 Å². The lowest BCUT2D eigenvalue weighted by molar-refractivity contribution is -0.139. The number of carbonyl (C=O) groups is 3. The van der Waals surface area contributed by atoms with Gasteiger partial charge in [-0.1, -0.05) is 62.4 Å². The molecule has 5 aromatic rings. The average Bonchev–Trinajstić information content (AvgIpc) is 4.04. The first-order valence-electron chi connectivity index (χ1n) is 19.8. The van der Waals surface area contributed by atoms with Crippen LogP contribution in [0.25, 0.3) is 44.4 Å². The topological polar surface area (TPSA) is 146 Å². The molecule has 2 bridgehead atoms. The number of ether oxygens (including phenoxy) is 2. The molecule has 3 aliphatic rings. The number of alkyl carbamates (subject to hydrolysis) is 1. The summed E-state index contributed by atoms with van der Waals surface area (Å²) in [6.07, 6.45) is 7.51. The molecule has 4 heterocycles. The van der Waals surface area contributed by atoms with Crippen molar-refractivity contribution in [3.63, 3.8) is 0 Å². The largest absolute Gasteiger partial charge is 0.453 e. The standard InChI is InChI=1S/C44H51N7O5/c1-25(2)37(49-42(53)55-6)41(52)51-33-18-17-32(22-33)38(51)40-46-23-34(48-40)27-11-9-26(10-12-27)28-13-14-30-21-31(16-15-29(30)20-28)35-24-45-39(47-35)36-8-7-19-50(36)43(54)56-44(3,4)5/h9-16,20-21,23-25,32-33,36-38H,7-8,17-19,22H2,1-6H3,(H,45,47)(H,46,48)(H,49,53)/t32-,33+,36-,37-,38-/m0/s1. The molecule has 0 radical (unpaired) electrons. The van der Waals surface area contributed by atoms with Crippen molar-refractivity contribution in [3.8, 4) is 33.6 Å². The van der Waals surface area contributed by atoms with E-state index in [0.29, 0.717) is 12.5 Å². The van der Waals surface area contributed by atoms with Gasteiger partial charge in [-0.2, -0.15) is 0 Å². The quantitative estimate of drug-likeness (QED) is 0.143. The van der Waals surface area contributed by atoms with Gasteiger partial charge >= 0.3 is 12.2 Å². The van der Waals surface area contributed by atoms with Crippen LogP contribution in [0.4, 0.5) is 9.59 Å². The van der Waals surface area contributed by atoms with Gasteiger partial charge in [-0.25, -0.2) is 19.6 Å². The summed E-state index contributed by atoms with van der Waals surface area (Å²) in [5.74, 6) is 1.71. The third-order valence-corrected chi connectivity index (χ3v) is 11.6. The number of hydrogen-bond acceptors (Lipinski definition) is 7. The first-order valence-corrected chi connectivity index (χ1v) is 19.8. The van der Waals surface area contributed by atoms with Gasteiger partial charge in [0.25, 0.3) is 0 Å². The fourth-order valence-corrected chi connectivity index (χ4v) is 8.83. The number of carbonyl (C=O) groups excluding carboxylic acids is 3. The Morgan fingerprint density at radius 1 is 0.821 bits per heavy atom. The summed E-state index contributed by atoms with van der Waals surface area (Å²) in [4.78, 5) is 59.2. The number of hydrogen-bond donors (Lipinski definition) is 3. The molecule has 0 spiro atoms. The van der Waals surface area contributed by atoms with Gasteiger partial charge in [-0.15, -0.1) is 0 Å². The Balaban J connectivity index is 0.962. The molecule has 3 fully saturated rings. The van der Waals surface area contributed by atoms with E-state index in [1.807, 2.05) is 51.9 Å². The number of nitrogens with one attached hydrogen (secondary N) is 3. The van der Waals surface area contributed by atoms with E-state index in [2.05, 4.69) is 80.9 Å². The molecule has 2 aliphatic heterocycles. The number of imidazole rings is 2. The Bertz CT molecular complexity index is 2250. The predicted molar refractivity (Wildman–Crippen MR) is 214 cm³/mol. The van der Waals surface area contributed by atoms with Crippen LogP contribution in [0.5, 0.6) is 0 Å². The van der Waals surface area contributed by atoms with Crippen LogP contribution in [-0.2, 0) is 14.3 Å². The summed E-state index contributed by atoms with van der Waals surface area (Å²) in [7, 11) is 1.31. The summed E-state index contributed by atoms with van der Waals surface area (Å²) in [6, 6.07) is 20.5. The van der Waals surface area contributed by atoms with Gasteiger partial charge in [0.05, 0.1) is 43.0 Å². The number of methoxy groups -OCH3 is 1. The summed E-state index contributed by atoms with van der Waals surface area (Å²) < 4.78 is 10.5. The summed E-state index contributed by atoms with van der Waals surface area (Å²) in [6.45, 7) is 10.2. The lowest BCUT2D eigenvalue weighted by Gasteiger charge is -2.37. The highest BCUT2D eigenvalue weighted by atomic mass is 16.6. The summed E-state index contributed by atoms with van der Waals surface area (Å²) in [5.41, 5.74) is 5.52.